The molecule has 0 radical (unpaired) electrons. The molecule has 1 fully saturated rings. The summed E-state index contributed by atoms with van der Waals surface area (Å²) in [6.45, 7) is 0.324. The van der Waals surface area contributed by atoms with Crippen molar-refractivity contribution in [2.75, 3.05) is 12.9 Å². The Morgan fingerprint density at radius 3 is 1.51 bits per heavy atom. The summed E-state index contributed by atoms with van der Waals surface area (Å²) in [4.78, 5) is 0. The van der Waals surface area contributed by atoms with Gasteiger partial charge in [-0.1, -0.05) is 91.0 Å². The van der Waals surface area contributed by atoms with Gasteiger partial charge < -0.3 is 24.1 Å². The van der Waals surface area contributed by atoms with Crippen LogP contribution >= 0.6 is 0 Å². The number of rotatable bonds is 12. The van der Waals surface area contributed by atoms with Crippen molar-refractivity contribution >= 4 is 10.1 Å². The highest BCUT2D eigenvalue weighted by atomic mass is 32.2. The van der Waals surface area contributed by atoms with Gasteiger partial charge in [-0.05, 0) is 16.7 Å². The summed E-state index contributed by atoms with van der Waals surface area (Å²) >= 11 is 0. The molecule has 0 amide bonds. The number of aliphatic hydroxyl groups excluding tert-OH is 1. The van der Waals surface area contributed by atoms with Crippen LogP contribution in [0.2, 0.25) is 0 Å². The van der Waals surface area contributed by atoms with Crippen molar-refractivity contribution in [1.29, 1.82) is 0 Å². The predicted molar refractivity (Wildman–Crippen MR) is 137 cm³/mol. The average Bonchev–Trinajstić information content (AvgIpc) is 2.90. The maximum absolute atomic E-state index is 11.7. The summed E-state index contributed by atoms with van der Waals surface area (Å²) in [5, 5.41) is 10.9. The van der Waals surface area contributed by atoms with Crippen molar-refractivity contribution in [1.82, 2.24) is 0 Å². The smallest absolute Gasteiger partial charge is 0.264 e. The lowest BCUT2D eigenvalue weighted by Crippen LogP contribution is -2.61. The van der Waals surface area contributed by atoms with Crippen LogP contribution in [-0.4, -0.2) is 57.1 Å². The van der Waals surface area contributed by atoms with Gasteiger partial charge in [0.25, 0.3) is 10.1 Å². The van der Waals surface area contributed by atoms with E-state index >= 15 is 0 Å². The number of benzene rings is 3. The molecule has 5 atom stereocenters. The van der Waals surface area contributed by atoms with Crippen LogP contribution in [0.25, 0.3) is 0 Å². The van der Waals surface area contributed by atoms with Crippen molar-refractivity contribution < 1.29 is 36.7 Å². The van der Waals surface area contributed by atoms with Gasteiger partial charge in [0.15, 0.2) is 6.29 Å². The second-order valence-electron chi connectivity index (χ2n) is 8.84. The molecular formula is C28H32O8S. The Morgan fingerprint density at radius 1 is 0.676 bits per heavy atom. The van der Waals surface area contributed by atoms with Gasteiger partial charge in [0.05, 0.1) is 32.7 Å². The lowest BCUT2D eigenvalue weighted by atomic mass is 9.98. The monoisotopic (exact) mass is 528 g/mol. The third-order valence-electron chi connectivity index (χ3n) is 5.91. The molecule has 0 saturated carbocycles. The number of hydrogen-bond donors (Lipinski definition) is 1. The fourth-order valence-electron chi connectivity index (χ4n) is 4.09. The molecule has 0 spiro atoms. The Balaban J connectivity index is 1.58. The first-order chi connectivity index (χ1) is 17.9. The van der Waals surface area contributed by atoms with E-state index in [1.165, 1.54) is 0 Å². The fraction of sp³-hybridized carbons (Fsp3) is 0.357. The quantitative estimate of drug-likeness (QED) is 0.357. The SMILES string of the molecule is CS(=O)(=O)OC[C@@H]1OC(O)[C@H](OCc2ccccc2)[C@@H](OCc2ccccc2)C1OCc1ccccc1. The maximum Gasteiger partial charge on any atom is 0.264 e. The molecular weight excluding hydrogens is 496 g/mol. The van der Waals surface area contributed by atoms with Crippen LogP contribution in [0, 0.1) is 0 Å². The number of hydrogen-bond acceptors (Lipinski definition) is 8. The van der Waals surface area contributed by atoms with E-state index in [0.29, 0.717) is 0 Å². The predicted octanol–water partition coefficient (Wildman–Crippen LogP) is 3.44. The van der Waals surface area contributed by atoms with Gasteiger partial charge in [0.2, 0.25) is 0 Å². The lowest BCUT2D eigenvalue weighted by molar-refractivity contribution is -0.314. The van der Waals surface area contributed by atoms with E-state index in [1.807, 2.05) is 91.0 Å². The third kappa shape index (κ3) is 8.44. The largest absolute Gasteiger partial charge is 0.368 e. The van der Waals surface area contributed by atoms with Crippen molar-refractivity contribution in [3.63, 3.8) is 0 Å². The van der Waals surface area contributed by atoms with Crippen molar-refractivity contribution in [2.24, 2.45) is 0 Å². The molecule has 0 bridgehead atoms. The highest BCUT2D eigenvalue weighted by Gasteiger charge is 2.48. The Kier molecular flexibility index (Phi) is 9.81. The second-order valence-corrected chi connectivity index (χ2v) is 10.5. The van der Waals surface area contributed by atoms with Crippen LogP contribution in [0.5, 0.6) is 0 Å². The molecule has 1 aliphatic rings. The third-order valence-corrected chi connectivity index (χ3v) is 6.48. The van der Waals surface area contributed by atoms with E-state index in [0.717, 1.165) is 22.9 Å². The van der Waals surface area contributed by atoms with E-state index in [4.69, 9.17) is 23.1 Å². The summed E-state index contributed by atoms with van der Waals surface area (Å²) in [6, 6.07) is 28.7. The average molecular weight is 529 g/mol. The van der Waals surface area contributed by atoms with E-state index in [9.17, 15) is 13.5 Å². The highest BCUT2D eigenvalue weighted by Crippen LogP contribution is 2.30. The molecule has 4 rings (SSSR count). The van der Waals surface area contributed by atoms with Gasteiger partial charge in [0.1, 0.15) is 24.4 Å². The minimum absolute atomic E-state index is 0.215. The van der Waals surface area contributed by atoms with E-state index in [2.05, 4.69) is 0 Å². The summed E-state index contributed by atoms with van der Waals surface area (Å²) in [6.07, 6.45) is -3.85. The standard InChI is InChI=1S/C28H32O8S/c1-37(30,31)35-20-24-25(32-17-21-11-5-2-6-12-21)26(33-18-22-13-7-3-8-14-22)27(28(29)36-24)34-19-23-15-9-4-10-16-23/h2-16,24-29H,17-20H2,1H3/t24-,25?,26-,27+,28?/m0/s1. The van der Waals surface area contributed by atoms with Gasteiger partial charge in [-0.2, -0.15) is 8.42 Å². The zero-order valence-electron chi connectivity index (χ0n) is 20.6. The normalized spacial score (nSPS) is 24.1. The molecule has 3 aromatic rings. The van der Waals surface area contributed by atoms with E-state index in [1.54, 1.807) is 0 Å². The summed E-state index contributed by atoms with van der Waals surface area (Å²) in [5.74, 6) is 0. The molecule has 3 aromatic carbocycles. The van der Waals surface area contributed by atoms with Crippen LogP contribution < -0.4 is 0 Å². The van der Waals surface area contributed by atoms with Crippen molar-refractivity contribution in [3.05, 3.63) is 108 Å². The molecule has 9 heteroatoms. The molecule has 0 aliphatic carbocycles. The molecule has 1 saturated heterocycles. The van der Waals surface area contributed by atoms with Gasteiger partial charge in [-0.15, -0.1) is 0 Å². The van der Waals surface area contributed by atoms with Crippen LogP contribution in [-0.2, 0) is 53.1 Å². The molecule has 198 valence electrons. The summed E-state index contributed by atoms with van der Waals surface area (Å²) < 4.78 is 53.0. The zero-order chi connectivity index (χ0) is 26.1. The maximum atomic E-state index is 11.7. The summed E-state index contributed by atoms with van der Waals surface area (Å²) in [7, 11) is -3.75. The number of aliphatic hydroxyl groups is 1. The number of ether oxygens (including phenoxy) is 4. The molecule has 2 unspecified atom stereocenters. The Bertz CT molecular complexity index is 1170. The van der Waals surface area contributed by atoms with Gasteiger partial charge in [-0.3, -0.25) is 4.18 Å². The molecule has 37 heavy (non-hydrogen) atoms. The topological polar surface area (TPSA) is 101 Å². The fourth-order valence-corrected chi connectivity index (χ4v) is 4.47. The molecule has 8 nitrogen and oxygen atoms in total. The molecule has 1 heterocycles. The zero-order valence-corrected chi connectivity index (χ0v) is 21.4. The van der Waals surface area contributed by atoms with Crippen LogP contribution in [0.4, 0.5) is 0 Å². The van der Waals surface area contributed by atoms with Crippen LogP contribution in [0.15, 0.2) is 91.0 Å². The summed E-state index contributed by atoms with van der Waals surface area (Å²) in [5.41, 5.74) is 2.76. The highest BCUT2D eigenvalue weighted by molar-refractivity contribution is 7.85. The second kappa shape index (κ2) is 13.3. The van der Waals surface area contributed by atoms with Gasteiger partial charge >= 0.3 is 0 Å². The van der Waals surface area contributed by atoms with E-state index < -0.39 is 40.8 Å². The lowest BCUT2D eigenvalue weighted by Gasteiger charge is -2.44. The Hall–Kier alpha value is -2.63. The molecule has 1 N–H and O–H groups in total. The first kappa shape index (κ1) is 27.4. The van der Waals surface area contributed by atoms with Crippen LogP contribution in [0.3, 0.4) is 0 Å². The molecule has 1 aliphatic heterocycles. The minimum atomic E-state index is -3.75. The van der Waals surface area contributed by atoms with Crippen molar-refractivity contribution in [3.8, 4) is 0 Å². The first-order valence-electron chi connectivity index (χ1n) is 12.0. The van der Waals surface area contributed by atoms with Crippen LogP contribution in [0.1, 0.15) is 16.7 Å². The van der Waals surface area contributed by atoms with Gasteiger partial charge in [-0.25, -0.2) is 0 Å². The molecule has 0 aromatic heterocycles. The van der Waals surface area contributed by atoms with E-state index in [-0.39, 0.29) is 26.4 Å². The Morgan fingerprint density at radius 2 is 1.08 bits per heavy atom. The van der Waals surface area contributed by atoms with Gasteiger partial charge in [0, 0.05) is 0 Å². The van der Waals surface area contributed by atoms with Crippen molar-refractivity contribution in [2.45, 2.75) is 50.5 Å². The first-order valence-corrected chi connectivity index (χ1v) is 13.9. The minimum Gasteiger partial charge on any atom is -0.368 e. The Labute approximate surface area is 217 Å².